The van der Waals surface area contributed by atoms with Crippen molar-refractivity contribution in [2.75, 3.05) is 26.2 Å². The van der Waals surface area contributed by atoms with Crippen LogP contribution in [-0.4, -0.2) is 47.3 Å². The van der Waals surface area contributed by atoms with Crippen molar-refractivity contribution >= 4 is 29.1 Å². The maximum Gasteiger partial charge on any atom is 0.240 e. The van der Waals surface area contributed by atoms with Crippen molar-refractivity contribution < 1.29 is 4.79 Å². The molecule has 1 unspecified atom stereocenters. The molecule has 1 amide bonds. The Morgan fingerprint density at radius 2 is 1.95 bits per heavy atom. The minimum absolute atomic E-state index is 0.0361. The van der Waals surface area contributed by atoms with E-state index in [1.54, 1.807) is 6.92 Å². The van der Waals surface area contributed by atoms with Gasteiger partial charge in [-0.3, -0.25) is 9.69 Å². The Bertz CT molecular complexity index is 483. The van der Waals surface area contributed by atoms with Gasteiger partial charge in [0, 0.05) is 37.7 Å². The molecule has 1 aliphatic heterocycles. The molecule has 20 heavy (non-hydrogen) atoms. The average Bonchev–Trinajstić information content (AvgIpc) is 2.42. The zero-order valence-corrected chi connectivity index (χ0v) is 13.4. The van der Waals surface area contributed by atoms with E-state index in [2.05, 4.69) is 17.9 Å². The first kappa shape index (κ1) is 15.6. The maximum atomic E-state index is 11.8. The smallest absolute Gasteiger partial charge is 0.240 e. The van der Waals surface area contributed by atoms with Gasteiger partial charge in [0.1, 0.15) is 5.38 Å². The molecule has 1 aromatic rings. The van der Waals surface area contributed by atoms with Crippen LogP contribution in [0.1, 0.15) is 18.1 Å². The Hall–Kier alpha value is -0.770. The number of carbonyl (C=O) groups is 1. The van der Waals surface area contributed by atoms with E-state index in [1.165, 1.54) is 11.1 Å². The fourth-order valence-corrected chi connectivity index (χ4v) is 2.82. The lowest BCUT2D eigenvalue weighted by Gasteiger charge is -2.35. The molecule has 0 bridgehead atoms. The molecule has 1 saturated heterocycles. The van der Waals surface area contributed by atoms with Crippen LogP contribution in [0.2, 0.25) is 5.02 Å². The molecule has 1 atom stereocenters. The van der Waals surface area contributed by atoms with Gasteiger partial charge in [-0.05, 0) is 37.1 Å². The highest BCUT2D eigenvalue weighted by molar-refractivity contribution is 6.30. The van der Waals surface area contributed by atoms with E-state index in [1.807, 2.05) is 17.0 Å². The first-order chi connectivity index (χ1) is 9.47. The second-order valence-corrected chi connectivity index (χ2v) is 6.38. The number of halogens is 2. The summed E-state index contributed by atoms with van der Waals surface area (Å²) in [6.45, 7) is 7.99. The molecule has 0 spiro atoms. The highest BCUT2D eigenvalue weighted by atomic mass is 35.5. The highest BCUT2D eigenvalue weighted by Crippen LogP contribution is 2.18. The van der Waals surface area contributed by atoms with Crippen LogP contribution in [-0.2, 0) is 11.3 Å². The fourth-order valence-electron chi connectivity index (χ4n) is 2.46. The van der Waals surface area contributed by atoms with Crippen molar-refractivity contribution in [3.63, 3.8) is 0 Å². The third kappa shape index (κ3) is 3.87. The highest BCUT2D eigenvalue weighted by Gasteiger charge is 2.23. The van der Waals surface area contributed by atoms with Gasteiger partial charge in [0.25, 0.3) is 0 Å². The van der Waals surface area contributed by atoms with Crippen LogP contribution in [0.5, 0.6) is 0 Å². The molecule has 1 aromatic carbocycles. The van der Waals surface area contributed by atoms with Crippen molar-refractivity contribution in [2.24, 2.45) is 0 Å². The number of carbonyl (C=O) groups excluding carboxylic acids is 1. The van der Waals surface area contributed by atoms with Crippen LogP contribution >= 0.6 is 23.2 Å². The predicted octanol–water partition coefficient (Wildman–Crippen LogP) is 2.92. The number of amides is 1. The van der Waals surface area contributed by atoms with Crippen molar-refractivity contribution in [2.45, 2.75) is 25.8 Å². The summed E-state index contributed by atoms with van der Waals surface area (Å²) in [5.41, 5.74) is 2.50. The number of hydrogen-bond donors (Lipinski definition) is 0. The Balaban J connectivity index is 1.90. The molecule has 0 aliphatic carbocycles. The Morgan fingerprint density at radius 3 is 2.50 bits per heavy atom. The standard InChI is InChI=1S/C15H20Cl2N2O/c1-11-9-14(17)4-3-13(11)10-18-5-7-19(8-6-18)15(20)12(2)16/h3-4,9,12H,5-8,10H2,1-2H3. The van der Waals surface area contributed by atoms with Gasteiger partial charge in [-0.25, -0.2) is 0 Å². The van der Waals surface area contributed by atoms with E-state index in [0.717, 1.165) is 37.7 Å². The van der Waals surface area contributed by atoms with Crippen LogP contribution in [0.15, 0.2) is 18.2 Å². The summed E-state index contributed by atoms with van der Waals surface area (Å²) in [5, 5.41) is 0.345. The predicted molar refractivity (Wildman–Crippen MR) is 83.4 cm³/mol. The van der Waals surface area contributed by atoms with Crippen LogP contribution in [0.4, 0.5) is 0 Å². The monoisotopic (exact) mass is 314 g/mol. The summed E-state index contributed by atoms with van der Waals surface area (Å²) in [6, 6.07) is 6.00. The molecule has 3 nitrogen and oxygen atoms in total. The largest absolute Gasteiger partial charge is 0.339 e. The van der Waals surface area contributed by atoms with Crippen LogP contribution in [0.25, 0.3) is 0 Å². The van der Waals surface area contributed by atoms with Crippen molar-refractivity contribution in [1.82, 2.24) is 9.80 Å². The van der Waals surface area contributed by atoms with Crippen molar-refractivity contribution in [3.05, 3.63) is 34.3 Å². The average molecular weight is 315 g/mol. The third-order valence-electron chi connectivity index (χ3n) is 3.72. The molecule has 5 heteroatoms. The van der Waals surface area contributed by atoms with Gasteiger partial charge in [0.2, 0.25) is 5.91 Å². The molecule has 1 fully saturated rings. The number of benzene rings is 1. The van der Waals surface area contributed by atoms with E-state index >= 15 is 0 Å². The van der Waals surface area contributed by atoms with Gasteiger partial charge in [0.05, 0.1) is 0 Å². The molecular formula is C15H20Cl2N2O. The van der Waals surface area contributed by atoms with E-state index < -0.39 is 5.38 Å². The van der Waals surface area contributed by atoms with Crippen LogP contribution in [0, 0.1) is 6.92 Å². The Morgan fingerprint density at radius 1 is 1.30 bits per heavy atom. The van der Waals surface area contributed by atoms with E-state index in [0.29, 0.717) is 0 Å². The molecular weight excluding hydrogens is 295 g/mol. The minimum atomic E-state index is -0.431. The zero-order valence-electron chi connectivity index (χ0n) is 11.9. The lowest BCUT2D eigenvalue weighted by molar-refractivity contribution is -0.132. The van der Waals surface area contributed by atoms with Crippen LogP contribution < -0.4 is 0 Å². The van der Waals surface area contributed by atoms with Gasteiger partial charge < -0.3 is 4.90 Å². The van der Waals surface area contributed by atoms with E-state index in [9.17, 15) is 4.79 Å². The fraction of sp³-hybridized carbons (Fsp3) is 0.533. The first-order valence-corrected chi connectivity index (χ1v) is 7.69. The number of hydrogen-bond acceptors (Lipinski definition) is 2. The molecule has 0 N–H and O–H groups in total. The first-order valence-electron chi connectivity index (χ1n) is 6.87. The summed E-state index contributed by atoms with van der Waals surface area (Å²) in [7, 11) is 0. The van der Waals surface area contributed by atoms with Gasteiger partial charge in [-0.2, -0.15) is 0 Å². The molecule has 0 radical (unpaired) electrons. The molecule has 1 aliphatic rings. The minimum Gasteiger partial charge on any atom is -0.339 e. The lowest BCUT2D eigenvalue weighted by Crippen LogP contribution is -2.50. The number of alkyl halides is 1. The third-order valence-corrected chi connectivity index (χ3v) is 4.14. The Labute approximate surface area is 130 Å². The number of nitrogens with zero attached hydrogens (tertiary/aromatic N) is 2. The second kappa shape index (κ2) is 6.79. The van der Waals surface area contributed by atoms with E-state index in [-0.39, 0.29) is 5.91 Å². The molecule has 1 heterocycles. The Kier molecular flexibility index (Phi) is 5.30. The van der Waals surface area contributed by atoms with Gasteiger partial charge in [-0.15, -0.1) is 11.6 Å². The summed E-state index contributed by atoms with van der Waals surface area (Å²) < 4.78 is 0. The summed E-state index contributed by atoms with van der Waals surface area (Å²) in [4.78, 5) is 16.0. The molecule has 0 aromatic heterocycles. The zero-order chi connectivity index (χ0) is 14.7. The lowest BCUT2D eigenvalue weighted by atomic mass is 10.1. The quantitative estimate of drug-likeness (QED) is 0.801. The molecule has 2 rings (SSSR count). The number of piperazine rings is 1. The van der Waals surface area contributed by atoms with Gasteiger partial charge in [0.15, 0.2) is 0 Å². The second-order valence-electron chi connectivity index (χ2n) is 5.29. The molecule has 0 saturated carbocycles. The SMILES string of the molecule is Cc1cc(Cl)ccc1CN1CCN(C(=O)C(C)Cl)CC1. The normalized spacial score (nSPS) is 18.1. The number of aryl methyl sites for hydroxylation is 1. The van der Waals surface area contributed by atoms with Gasteiger partial charge >= 0.3 is 0 Å². The van der Waals surface area contributed by atoms with Gasteiger partial charge in [-0.1, -0.05) is 17.7 Å². The maximum absolute atomic E-state index is 11.8. The van der Waals surface area contributed by atoms with Crippen molar-refractivity contribution in [3.8, 4) is 0 Å². The van der Waals surface area contributed by atoms with Crippen molar-refractivity contribution in [1.29, 1.82) is 0 Å². The van der Waals surface area contributed by atoms with Crippen LogP contribution in [0.3, 0.4) is 0 Å². The number of rotatable bonds is 3. The van der Waals surface area contributed by atoms with E-state index in [4.69, 9.17) is 23.2 Å². The summed E-state index contributed by atoms with van der Waals surface area (Å²) in [6.07, 6.45) is 0. The summed E-state index contributed by atoms with van der Waals surface area (Å²) in [5.74, 6) is 0.0361. The summed E-state index contributed by atoms with van der Waals surface area (Å²) >= 11 is 11.8. The topological polar surface area (TPSA) is 23.6 Å². The molecule has 110 valence electrons.